The van der Waals surface area contributed by atoms with E-state index in [9.17, 15) is 14.7 Å². The molecule has 158 valence electrons. The summed E-state index contributed by atoms with van der Waals surface area (Å²) >= 11 is 0. The van der Waals surface area contributed by atoms with E-state index in [0.29, 0.717) is 28.3 Å². The summed E-state index contributed by atoms with van der Waals surface area (Å²) in [5, 5.41) is 13.9. The number of fused-ring (bicyclic) bond motifs is 2. The molecule has 1 unspecified atom stereocenters. The van der Waals surface area contributed by atoms with Crippen molar-refractivity contribution in [3.8, 4) is 0 Å². The van der Waals surface area contributed by atoms with Gasteiger partial charge in [0.1, 0.15) is 0 Å². The molecule has 0 radical (unpaired) electrons. The molecule has 1 heterocycles. The van der Waals surface area contributed by atoms with Crippen molar-refractivity contribution >= 4 is 27.7 Å². The van der Waals surface area contributed by atoms with Crippen LogP contribution in [0.25, 0.3) is 21.8 Å². The minimum atomic E-state index is -0.590. The van der Waals surface area contributed by atoms with Gasteiger partial charge in [0.15, 0.2) is 5.43 Å². The van der Waals surface area contributed by atoms with Crippen LogP contribution >= 0.6 is 0 Å². The van der Waals surface area contributed by atoms with E-state index in [1.807, 2.05) is 62.4 Å². The molecule has 1 amide bonds. The number of aliphatic hydroxyl groups excluding tert-OH is 1. The average Bonchev–Trinajstić information content (AvgIpc) is 2.77. The summed E-state index contributed by atoms with van der Waals surface area (Å²) in [7, 11) is 0. The molecule has 31 heavy (non-hydrogen) atoms. The number of aliphatic hydroxyl groups is 1. The summed E-state index contributed by atoms with van der Waals surface area (Å²) in [5.41, 5.74) is 2.27. The normalized spacial score (nSPS) is 12.7. The molecule has 4 aromatic rings. The van der Waals surface area contributed by atoms with Crippen LogP contribution in [0.1, 0.15) is 42.1 Å². The van der Waals surface area contributed by atoms with E-state index in [4.69, 9.17) is 0 Å². The molecule has 1 atom stereocenters. The maximum atomic E-state index is 13.1. The fourth-order valence-corrected chi connectivity index (χ4v) is 4.28. The van der Waals surface area contributed by atoms with E-state index in [2.05, 4.69) is 10.3 Å². The molecule has 3 N–H and O–H groups in total. The predicted octanol–water partition coefficient (Wildman–Crippen LogP) is 4.36. The molecule has 3 aromatic carbocycles. The highest BCUT2D eigenvalue weighted by Gasteiger charge is 2.32. The highest BCUT2D eigenvalue weighted by atomic mass is 16.3. The number of carbonyl (C=O) groups excluding carboxylic acids is 1. The van der Waals surface area contributed by atoms with Gasteiger partial charge in [-0.25, -0.2) is 0 Å². The van der Waals surface area contributed by atoms with Gasteiger partial charge in [-0.15, -0.1) is 0 Å². The first-order valence-corrected chi connectivity index (χ1v) is 10.4. The summed E-state index contributed by atoms with van der Waals surface area (Å²) in [6.45, 7) is 3.96. The number of hydrogen-bond acceptors (Lipinski definition) is 3. The minimum absolute atomic E-state index is 0.0309. The third kappa shape index (κ3) is 4.09. The van der Waals surface area contributed by atoms with Crippen molar-refractivity contribution in [1.29, 1.82) is 0 Å². The SMILES string of the molecule is CC(C)(NC(=O)c1ccc2c(=O)c3ccccc3[nH]c2c1)C(CCO)c1ccccc1. The third-order valence-electron chi connectivity index (χ3n) is 5.89. The molecule has 5 nitrogen and oxygen atoms in total. The number of para-hydroxylation sites is 1. The van der Waals surface area contributed by atoms with Crippen molar-refractivity contribution in [2.24, 2.45) is 0 Å². The molecular formula is C26H26N2O3. The minimum Gasteiger partial charge on any atom is -0.396 e. The molecule has 5 heteroatoms. The van der Waals surface area contributed by atoms with Gasteiger partial charge in [-0.05, 0) is 56.2 Å². The number of hydrogen-bond donors (Lipinski definition) is 3. The average molecular weight is 415 g/mol. The number of aromatic nitrogens is 1. The third-order valence-corrected chi connectivity index (χ3v) is 5.89. The zero-order valence-electron chi connectivity index (χ0n) is 17.7. The van der Waals surface area contributed by atoms with Crippen molar-refractivity contribution in [3.63, 3.8) is 0 Å². The Morgan fingerprint density at radius 1 is 0.968 bits per heavy atom. The summed E-state index contributed by atoms with van der Waals surface area (Å²) < 4.78 is 0. The van der Waals surface area contributed by atoms with Crippen molar-refractivity contribution in [1.82, 2.24) is 10.3 Å². The van der Waals surface area contributed by atoms with Crippen LogP contribution in [0.5, 0.6) is 0 Å². The molecule has 4 rings (SSSR count). The Morgan fingerprint density at radius 2 is 1.65 bits per heavy atom. The van der Waals surface area contributed by atoms with E-state index < -0.39 is 5.54 Å². The Balaban J connectivity index is 1.67. The van der Waals surface area contributed by atoms with E-state index in [0.717, 1.165) is 11.1 Å². The first-order chi connectivity index (χ1) is 14.9. The molecular weight excluding hydrogens is 388 g/mol. The van der Waals surface area contributed by atoms with E-state index in [1.165, 1.54) is 0 Å². The van der Waals surface area contributed by atoms with Crippen LogP contribution in [-0.4, -0.2) is 28.1 Å². The Hall–Kier alpha value is -3.44. The Kier molecular flexibility index (Phi) is 5.61. The maximum Gasteiger partial charge on any atom is 0.251 e. The largest absolute Gasteiger partial charge is 0.396 e. The maximum absolute atomic E-state index is 13.1. The second-order valence-corrected chi connectivity index (χ2v) is 8.41. The Bertz CT molecular complexity index is 1290. The van der Waals surface area contributed by atoms with Crippen LogP contribution in [0, 0.1) is 0 Å². The molecule has 1 aromatic heterocycles. The lowest BCUT2D eigenvalue weighted by atomic mass is 9.79. The monoisotopic (exact) mass is 414 g/mol. The molecule has 0 saturated heterocycles. The number of carbonyl (C=O) groups is 1. The van der Waals surface area contributed by atoms with Crippen LogP contribution in [0.2, 0.25) is 0 Å². The van der Waals surface area contributed by atoms with Gasteiger partial charge < -0.3 is 15.4 Å². The zero-order valence-corrected chi connectivity index (χ0v) is 17.7. The van der Waals surface area contributed by atoms with Crippen molar-refractivity contribution in [2.45, 2.75) is 31.7 Å². The van der Waals surface area contributed by atoms with Crippen LogP contribution in [0.3, 0.4) is 0 Å². The lowest BCUT2D eigenvalue weighted by Crippen LogP contribution is -2.48. The van der Waals surface area contributed by atoms with Crippen LogP contribution in [0.15, 0.2) is 77.6 Å². The van der Waals surface area contributed by atoms with Gasteiger partial charge in [0.25, 0.3) is 5.91 Å². The smallest absolute Gasteiger partial charge is 0.251 e. The van der Waals surface area contributed by atoms with Gasteiger partial charge in [-0.1, -0.05) is 42.5 Å². The second-order valence-electron chi connectivity index (χ2n) is 8.41. The van der Waals surface area contributed by atoms with E-state index in [-0.39, 0.29) is 23.9 Å². The number of benzene rings is 3. The number of rotatable bonds is 6. The van der Waals surface area contributed by atoms with Crippen LogP contribution < -0.4 is 10.7 Å². The van der Waals surface area contributed by atoms with Gasteiger partial charge in [0.2, 0.25) is 0 Å². The number of H-pyrrole nitrogens is 1. The lowest BCUT2D eigenvalue weighted by Gasteiger charge is -2.35. The number of pyridine rings is 1. The Morgan fingerprint density at radius 3 is 2.39 bits per heavy atom. The summed E-state index contributed by atoms with van der Waals surface area (Å²) in [6, 6.07) is 22.3. The predicted molar refractivity (Wildman–Crippen MR) is 125 cm³/mol. The second kappa shape index (κ2) is 8.36. The quantitative estimate of drug-likeness (QED) is 0.410. The van der Waals surface area contributed by atoms with Gasteiger partial charge in [0.05, 0.1) is 5.52 Å². The Labute approximate surface area is 180 Å². The van der Waals surface area contributed by atoms with Crippen LogP contribution in [0.4, 0.5) is 0 Å². The van der Waals surface area contributed by atoms with Crippen molar-refractivity contribution < 1.29 is 9.90 Å². The summed E-state index contributed by atoms with van der Waals surface area (Å²) in [4.78, 5) is 29.2. The van der Waals surface area contributed by atoms with Gasteiger partial charge in [-0.3, -0.25) is 9.59 Å². The number of amides is 1. The highest BCUT2D eigenvalue weighted by Crippen LogP contribution is 2.31. The molecule has 0 bridgehead atoms. The van der Waals surface area contributed by atoms with Gasteiger partial charge in [0, 0.05) is 39.9 Å². The first kappa shape index (κ1) is 20.8. The fourth-order valence-electron chi connectivity index (χ4n) is 4.28. The van der Waals surface area contributed by atoms with Gasteiger partial charge >= 0.3 is 0 Å². The molecule has 0 saturated carbocycles. The first-order valence-electron chi connectivity index (χ1n) is 10.4. The molecule has 0 spiro atoms. The van der Waals surface area contributed by atoms with Gasteiger partial charge in [-0.2, -0.15) is 0 Å². The van der Waals surface area contributed by atoms with Crippen molar-refractivity contribution in [3.05, 3.63) is 94.1 Å². The van der Waals surface area contributed by atoms with Crippen molar-refractivity contribution in [2.75, 3.05) is 6.61 Å². The molecule has 0 aliphatic carbocycles. The van der Waals surface area contributed by atoms with E-state index in [1.54, 1.807) is 24.3 Å². The van der Waals surface area contributed by atoms with Crippen LogP contribution in [-0.2, 0) is 0 Å². The molecule has 0 aliphatic rings. The fraction of sp³-hybridized carbons (Fsp3) is 0.231. The number of nitrogens with one attached hydrogen (secondary N) is 2. The molecule has 0 aliphatic heterocycles. The standard InChI is InChI=1S/C26H26N2O3/c1-26(2,21(14-15-29)17-8-4-3-5-9-17)28-25(31)18-12-13-20-23(16-18)27-22-11-7-6-10-19(22)24(20)30/h3-13,16,21,29H,14-15H2,1-2H3,(H,27,30)(H,28,31). The highest BCUT2D eigenvalue weighted by molar-refractivity contribution is 6.00. The zero-order chi connectivity index (χ0) is 22.0. The summed E-state index contributed by atoms with van der Waals surface area (Å²) in [6.07, 6.45) is 0.536. The summed E-state index contributed by atoms with van der Waals surface area (Å²) in [5.74, 6) is -0.272. The lowest BCUT2D eigenvalue weighted by molar-refractivity contribution is 0.0892. The van der Waals surface area contributed by atoms with E-state index >= 15 is 0 Å². The number of aromatic amines is 1. The topological polar surface area (TPSA) is 82.2 Å². The molecule has 0 fully saturated rings.